The van der Waals surface area contributed by atoms with Crippen molar-refractivity contribution in [1.82, 2.24) is 0 Å². The Labute approximate surface area is 68.6 Å². The molecule has 0 aromatic heterocycles. The van der Waals surface area contributed by atoms with Crippen molar-refractivity contribution >= 4 is 0 Å². The van der Waals surface area contributed by atoms with Crippen molar-refractivity contribution in [1.29, 1.82) is 0 Å². The Morgan fingerprint density at radius 3 is 1.82 bits per heavy atom. The summed E-state index contributed by atoms with van der Waals surface area (Å²) in [6.45, 7) is 4.14. The van der Waals surface area contributed by atoms with E-state index in [1.165, 1.54) is 11.1 Å². The summed E-state index contributed by atoms with van der Waals surface area (Å²) in [4.78, 5) is 0. The van der Waals surface area contributed by atoms with Crippen LogP contribution in [0.25, 0.3) is 0 Å². The predicted molar refractivity (Wildman–Crippen MR) is 50.4 cm³/mol. The molecule has 0 heteroatoms. The molecule has 0 aromatic rings. The van der Waals surface area contributed by atoms with Gasteiger partial charge in [-0.05, 0) is 31.4 Å². The molecule has 0 heterocycles. The Bertz CT molecular complexity index is 211. The Kier molecular flexibility index (Phi) is 2.91. The lowest BCUT2D eigenvalue weighted by molar-refractivity contribution is 1.41. The first-order valence-corrected chi connectivity index (χ1v) is 4.04. The molecule has 1 aliphatic rings. The molecular weight excluding hydrogens is 132 g/mol. The lowest BCUT2D eigenvalue weighted by Gasteiger charge is -1.98. The molecule has 0 fully saturated rings. The van der Waals surface area contributed by atoms with E-state index in [0.29, 0.717) is 0 Å². The molecule has 0 amide bonds. The van der Waals surface area contributed by atoms with Gasteiger partial charge in [-0.2, -0.15) is 0 Å². The first kappa shape index (κ1) is 8.06. The van der Waals surface area contributed by atoms with Gasteiger partial charge >= 0.3 is 0 Å². The zero-order chi connectivity index (χ0) is 8.10. The van der Waals surface area contributed by atoms with Crippen LogP contribution in [0.15, 0.2) is 47.6 Å². The molecule has 1 rings (SSSR count). The van der Waals surface area contributed by atoms with Crippen LogP contribution in [-0.2, 0) is 0 Å². The standard InChI is InChI=1S/C11H14/c1-3-10-8-6-5-7-9-11(10)4-2/h3-4,6-9H,5H2,1-2H3/b10-3-,11-4-. The van der Waals surface area contributed by atoms with Gasteiger partial charge in [0, 0.05) is 0 Å². The van der Waals surface area contributed by atoms with Crippen molar-refractivity contribution in [2.75, 3.05) is 0 Å². The molecule has 0 spiro atoms. The third-order valence-electron chi connectivity index (χ3n) is 1.82. The van der Waals surface area contributed by atoms with Crippen LogP contribution in [-0.4, -0.2) is 0 Å². The SMILES string of the molecule is C/C=C1/C=CCC=C/C1=C/C. The summed E-state index contributed by atoms with van der Waals surface area (Å²) in [5, 5.41) is 0. The fraction of sp³-hybridized carbons (Fsp3) is 0.273. The molecule has 0 nitrogen and oxygen atoms in total. The van der Waals surface area contributed by atoms with E-state index in [0.717, 1.165) is 6.42 Å². The minimum atomic E-state index is 1.05. The van der Waals surface area contributed by atoms with Gasteiger partial charge in [0.15, 0.2) is 0 Å². The second kappa shape index (κ2) is 3.97. The van der Waals surface area contributed by atoms with Crippen molar-refractivity contribution in [2.45, 2.75) is 20.3 Å². The van der Waals surface area contributed by atoms with Gasteiger partial charge in [-0.25, -0.2) is 0 Å². The quantitative estimate of drug-likeness (QED) is 0.491. The Morgan fingerprint density at radius 1 is 1.00 bits per heavy atom. The van der Waals surface area contributed by atoms with E-state index in [-0.39, 0.29) is 0 Å². The largest absolute Gasteiger partial charge is 0.0801 e. The van der Waals surface area contributed by atoms with Gasteiger partial charge in [-0.1, -0.05) is 36.5 Å². The lowest BCUT2D eigenvalue weighted by Crippen LogP contribution is -1.79. The second-order valence-electron chi connectivity index (χ2n) is 2.53. The number of hydrogen-bond acceptors (Lipinski definition) is 0. The summed E-state index contributed by atoms with van der Waals surface area (Å²) in [6.07, 6.45) is 14.0. The van der Waals surface area contributed by atoms with E-state index >= 15 is 0 Å². The summed E-state index contributed by atoms with van der Waals surface area (Å²) in [5.74, 6) is 0. The zero-order valence-corrected chi connectivity index (χ0v) is 7.17. The maximum Gasteiger partial charge on any atom is -0.0162 e. The minimum Gasteiger partial charge on any atom is -0.0801 e. The van der Waals surface area contributed by atoms with Crippen molar-refractivity contribution in [2.24, 2.45) is 0 Å². The van der Waals surface area contributed by atoms with Gasteiger partial charge in [0.05, 0.1) is 0 Å². The molecule has 0 N–H and O–H groups in total. The van der Waals surface area contributed by atoms with Gasteiger partial charge in [0.2, 0.25) is 0 Å². The van der Waals surface area contributed by atoms with E-state index in [9.17, 15) is 0 Å². The first-order chi connectivity index (χ1) is 5.38. The second-order valence-corrected chi connectivity index (χ2v) is 2.53. The number of allylic oxidation sites excluding steroid dienone is 8. The van der Waals surface area contributed by atoms with Gasteiger partial charge in [0.25, 0.3) is 0 Å². The summed E-state index contributed by atoms with van der Waals surface area (Å²) in [5.41, 5.74) is 2.64. The summed E-state index contributed by atoms with van der Waals surface area (Å²) < 4.78 is 0. The third kappa shape index (κ3) is 1.94. The van der Waals surface area contributed by atoms with Crippen LogP contribution < -0.4 is 0 Å². The highest BCUT2D eigenvalue weighted by Crippen LogP contribution is 2.16. The van der Waals surface area contributed by atoms with E-state index in [1.807, 2.05) is 0 Å². The fourth-order valence-corrected chi connectivity index (χ4v) is 1.19. The fourth-order valence-electron chi connectivity index (χ4n) is 1.19. The zero-order valence-electron chi connectivity index (χ0n) is 7.17. The Hall–Kier alpha value is -1.04. The minimum absolute atomic E-state index is 1.05. The maximum atomic E-state index is 2.18. The molecule has 0 saturated carbocycles. The summed E-state index contributed by atoms with van der Waals surface area (Å²) in [7, 11) is 0. The molecular formula is C11H14. The van der Waals surface area contributed by atoms with Gasteiger partial charge in [-0.15, -0.1) is 0 Å². The highest BCUT2D eigenvalue weighted by atomic mass is 14.0. The molecule has 1 aliphatic carbocycles. The van der Waals surface area contributed by atoms with Crippen LogP contribution in [0.3, 0.4) is 0 Å². The van der Waals surface area contributed by atoms with Crippen LogP contribution in [0.4, 0.5) is 0 Å². The third-order valence-corrected chi connectivity index (χ3v) is 1.82. The van der Waals surface area contributed by atoms with Crippen molar-refractivity contribution in [3.8, 4) is 0 Å². The molecule has 0 atom stereocenters. The topological polar surface area (TPSA) is 0 Å². The Morgan fingerprint density at radius 2 is 1.45 bits per heavy atom. The molecule has 58 valence electrons. The monoisotopic (exact) mass is 146 g/mol. The molecule has 0 radical (unpaired) electrons. The van der Waals surface area contributed by atoms with Crippen LogP contribution in [0, 0.1) is 0 Å². The molecule has 0 saturated heterocycles. The van der Waals surface area contributed by atoms with Crippen molar-refractivity contribution in [3.63, 3.8) is 0 Å². The van der Waals surface area contributed by atoms with Gasteiger partial charge in [-0.3, -0.25) is 0 Å². The molecule has 0 aliphatic heterocycles. The van der Waals surface area contributed by atoms with E-state index in [1.54, 1.807) is 0 Å². The normalized spacial score (nSPS) is 24.5. The first-order valence-electron chi connectivity index (χ1n) is 4.04. The van der Waals surface area contributed by atoms with Gasteiger partial charge in [0.1, 0.15) is 0 Å². The van der Waals surface area contributed by atoms with Crippen molar-refractivity contribution in [3.05, 3.63) is 47.6 Å². The average molecular weight is 146 g/mol. The molecule has 0 unspecified atom stereocenters. The van der Waals surface area contributed by atoms with Crippen LogP contribution >= 0.6 is 0 Å². The van der Waals surface area contributed by atoms with Crippen LogP contribution in [0.1, 0.15) is 20.3 Å². The highest BCUT2D eigenvalue weighted by molar-refractivity contribution is 5.47. The predicted octanol–water partition coefficient (Wildman–Crippen LogP) is 3.40. The number of hydrogen-bond donors (Lipinski definition) is 0. The molecule has 0 bridgehead atoms. The molecule has 0 aromatic carbocycles. The summed E-state index contributed by atoms with van der Waals surface area (Å²) >= 11 is 0. The van der Waals surface area contributed by atoms with Crippen LogP contribution in [0.5, 0.6) is 0 Å². The smallest absolute Gasteiger partial charge is 0.0162 e. The number of rotatable bonds is 0. The van der Waals surface area contributed by atoms with E-state index < -0.39 is 0 Å². The lowest BCUT2D eigenvalue weighted by atomic mass is 10.1. The average Bonchev–Trinajstić information content (AvgIpc) is 2.27. The summed E-state index contributed by atoms with van der Waals surface area (Å²) in [6, 6.07) is 0. The highest BCUT2D eigenvalue weighted by Gasteiger charge is 1.96. The van der Waals surface area contributed by atoms with Gasteiger partial charge < -0.3 is 0 Å². The Balaban J connectivity index is 2.99. The maximum absolute atomic E-state index is 2.18. The van der Waals surface area contributed by atoms with Crippen LogP contribution in [0.2, 0.25) is 0 Å². The van der Waals surface area contributed by atoms with E-state index in [2.05, 4.69) is 50.3 Å². The van der Waals surface area contributed by atoms with E-state index in [4.69, 9.17) is 0 Å². The molecule has 11 heavy (non-hydrogen) atoms. The van der Waals surface area contributed by atoms with Crippen molar-refractivity contribution < 1.29 is 0 Å².